The topological polar surface area (TPSA) is 73.4 Å². The fraction of sp³-hybridized carbons (Fsp3) is 0.385. The first kappa shape index (κ1) is 26.3. The zero-order valence-electron chi connectivity index (χ0n) is 21.2. The first-order valence-electron chi connectivity index (χ1n) is 11.2. The highest BCUT2D eigenvalue weighted by molar-refractivity contribution is 7.14. The molecule has 1 amide bonds. The summed E-state index contributed by atoms with van der Waals surface area (Å²) in [5.41, 5.74) is 2.39. The Morgan fingerprint density at radius 1 is 0.886 bits per heavy atom. The molecule has 0 N–H and O–H groups in total. The van der Waals surface area contributed by atoms with Crippen LogP contribution in [0.2, 0.25) is 0 Å². The fourth-order valence-electron chi connectivity index (χ4n) is 3.66. The number of nitrogens with zero attached hydrogens (tertiary/aromatic N) is 3. The molecule has 0 atom stereocenters. The van der Waals surface area contributed by atoms with Crippen LogP contribution in [0.3, 0.4) is 0 Å². The van der Waals surface area contributed by atoms with Gasteiger partial charge in [-0.3, -0.25) is 9.69 Å². The van der Waals surface area contributed by atoms with E-state index in [-0.39, 0.29) is 12.3 Å². The molecule has 3 aromatic rings. The Morgan fingerprint density at radius 2 is 1.60 bits per heavy atom. The summed E-state index contributed by atoms with van der Waals surface area (Å²) in [7, 11) is 10.5. The highest BCUT2D eigenvalue weighted by Crippen LogP contribution is 2.36. The number of hydrogen-bond acceptors (Lipinski definition) is 8. The lowest BCUT2D eigenvalue weighted by Gasteiger charge is -2.21. The van der Waals surface area contributed by atoms with Crippen molar-refractivity contribution in [2.45, 2.75) is 12.8 Å². The molecule has 0 saturated heterocycles. The summed E-state index contributed by atoms with van der Waals surface area (Å²) >= 11 is 1.44. The molecular weight excluding hydrogens is 466 g/mol. The Hall–Kier alpha value is -3.30. The Labute approximate surface area is 211 Å². The number of amides is 1. The minimum atomic E-state index is -0.0329. The smallest absolute Gasteiger partial charge is 0.233 e. The number of hydrogen-bond donors (Lipinski definition) is 0. The number of carbonyl (C=O) groups excluding carboxylic acids is 1. The molecule has 8 nitrogen and oxygen atoms in total. The van der Waals surface area contributed by atoms with Crippen LogP contribution in [0.25, 0.3) is 11.3 Å². The van der Waals surface area contributed by atoms with Gasteiger partial charge in [-0.25, -0.2) is 4.98 Å². The third-order valence-electron chi connectivity index (χ3n) is 5.50. The van der Waals surface area contributed by atoms with Gasteiger partial charge in [0.2, 0.25) is 5.91 Å². The van der Waals surface area contributed by atoms with Crippen LogP contribution in [0.5, 0.6) is 23.0 Å². The molecule has 35 heavy (non-hydrogen) atoms. The maximum atomic E-state index is 13.5. The van der Waals surface area contributed by atoms with Crippen LogP contribution in [0.4, 0.5) is 5.13 Å². The zero-order valence-corrected chi connectivity index (χ0v) is 22.0. The number of ether oxygens (including phenoxy) is 4. The van der Waals surface area contributed by atoms with Gasteiger partial charge in [0.25, 0.3) is 0 Å². The molecule has 0 bridgehead atoms. The monoisotopic (exact) mass is 499 g/mol. The Kier molecular flexibility index (Phi) is 9.33. The first-order chi connectivity index (χ1) is 16.9. The number of rotatable bonds is 12. The second-order valence-electron chi connectivity index (χ2n) is 8.15. The predicted octanol–water partition coefficient (Wildman–Crippen LogP) is 4.37. The van der Waals surface area contributed by atoms with Gasteiger partial charge < -0.3 is 23.8 Å². The molecule has 3 rings (SSSR count). The van der Waals surface area contributed by atoms with Gasteiger partial charge in [0, 0.05) is 17.5 Å². The lowest BCUT2D eigenvalue weighted by Crippen LogP contribution is -2.34. The van der Waals surface area contributed by atoms with Crippen LogP contribution < -0.4 is 23.8 Å². The molecule has 0 aliphatic carbocycles. The van der Waals surface area contributed by atoms with Gasteiger partial charge in [-0.05, 0) is 63.0 Å². The average molecular weight is 500 g/mol. The summed E-state index contributed by atoms with van der Waals surface area (Å²) in [5, 5.41) is 2.59. The van der Waals surface area contributed by atoms with Crippen LogP contribution in [0.15, 0.2) is 41.8 Å². The van der Waals surface area contributed by atoms with Gasteiger partial charge in [0.15, 0.2) is 16.6 Å². The van der Waals surface area contributed by atoms with Gasteiger partial charge in [0.05, 0.1) is 40.6 Å². The number of carbonyl (C=O) groups is 1. The van der Waals surface area contributed by atoms with Gasteiger partial charge in [-0.2, -0.15) is 0 Å². The number of benzene rings is 2. The van der Waals surface area contributed by atoms with Crippen molar-refractivity contribution in [2.75, 3.05) is 60.5 Å². The summed E-state index contributed by atoms with van der Waals surface area (Å²) in [6.45, 7) is 1.43. The number of methoxy groups -OCH3 is 4. The molecule has 1 heterocycles. The quantitative estimate of drug-likeness (QED) is 0.366. The Morgan fingerprint density at radius 3 is 2.26 bits per heavy atom. The second-order valence-corrected chi connectivity index (χ2v) is 8.99. The average Bonchev–Trinajstić information content (AvgIpc) is 3.35. The summed E-state index contributed by atoms with van der Waals surface area (Å²) in [5.74, 6) is 2.60. The van der Waals surface area contributed by atoms with Crippen LogP contribution in [0.1, 0.15) is 12.0 Å². The molecule has 0 unspecified atom stereocenters. The van der Waals surface area contributed by atoms with Gasteiger partial charge >= 0.3 is 0 Å². The molecule has 0 radical (unpaired) electrons. The van der Waals surface area contributed by atoms with E-state index in [4.69, 9.17) is 23.9 Å². The summed E-state index contributed by atoms with van der Waals surface area (Å²) in [4.78, 5) is 22.2. The second kappa shape index (κ2) is 12.4. The van der Waals surface area contributed by atoms with E-state index in [9.17, 15) is 4.79 Å². The molecule has 0 aliphatic heterocycles. The van der Waals surface area contributed by atoms with Crippen LogP contribution >= 0.6 is 11.3 Å². The zero-order chi connectivity index (χ0) is 25.4. The predicted molar refractivity (Wildman–Crippen MR) is 139 cm³/mol. The molecule has 0 saturated carbocycles. The van der Waals surface area contributed by atoms with Gasteiger partial charge in [-0.15, -0.1) is 11.3 Å². The van der Waals surface area contributed by atoms with Gasteiger partial charge in [0.1, 0.15) is 11.5 Å². The lowest BCUT2D eigenvalue weighted by atomic mass is 10.1. The van der Waals surface area contributed by atoms with Crippen LogP contribution in [-0.2, 0) is 11.2 Å². The lowest BCUT2D eigenvalue weighted by molar-refractivity contribution is -0.118. The van der Waals surface area contributed by atoms with E-state index in [1.165, 1.54) is 11.3 Å². The molecule has 2 aromatic carbocycles. The SMILES string of the molecule is COc1ccc(OC)c(-c2csc(N(CCCN(C)C)C(=O)Cc3ccc(OC)c(OC)c3)n2)c1. The van der Waals surface area contributed by atoms with E-state index in [0.29, 0.717) is 34.7 Å². The van der Waals surface area contributed by atoms with Crippen molar-refractivity contribution < 1.29 is 23.7 Å². The van der Waals surface area contributed by atoms with Crippen molar-refractivity contribution >= 4 is 22.4 Å². The maximum Gasteiger partial charge on any atom is 0.233 e. The largest absolute Gasteiger partial charge is 0.497 e. The van der Waals surface area contributed by atoms with Crippen molar-refractivity contribution in [2.24, 2.45) is 0 Å². The highest BCUT2D eigenvalue weighted by atomic mass is 32.1. The highest BCUT2D eigenvalue weighted by Gasteiger charge is 2.21. The molecule has 1 aromatic heterocycles. The van der Waals surface area contributed by atoms with E-state index in [2.05, 4.69) is 4.90 Å². The minimum absolute atomic E-state index is 0.0329. The van der Waals surface area contributed by atoms with Crippen molar-refractivity contribution in [1.82, 2.24) is 9.88 Å². The standard InChI is InChI=1S/C26H33N3O5S/c1-28(2)12-7-13-29(25(30)15-18-8-10-23(33-5)24(14-18)34-6)26-27-21(17-35-26)20-16-19(31-3)9-11-22(20)32-4/h8-11,14,16-17H,7,12-13,15H2,1-6H3. The number of anilines is 1. The van der Waals surface area contributed by atoms with Crippen molar-refractivity contribution in [1.29, 1.82) is 0 Å². The molecule has 9 heteroatoms. The molecule has 0 spiro atoms. The maximum absolute atomic E-state index is 13.5. The molecular formula is C26H33N3O5S. The Bertz CT molecular complexity index is 1130. The summed E-state index contributed by atoms with van der Waals surface area (Å²) in [6.07, 6.45) is 1.04. The number of thiazole rings is 1. The molecule has 188 valence electrons. The third-order valence-corrected chi connectivity index (χ3v) is 6.36. The molecule has 0 aliphatic rings. The fourth-order valence-corrected chi connectivity index (χ4v) is 4.53. The minimum Gasteiger partial charge on any atom is -0.497 e. The van der Waals surface area contributed by atoms with Crippen LogP contribution in [-0.4, -0.2) is 71.4 Å². The third kappa shape index (κ3) is 6.64. The first-order valence-corrected chi connectivity index (χ1v) is 12.1. The van der Waals surface area contributed by atoms with E-state index in [0.717, 1.165) is 29.8 Å². The van der Waals surface area contributed by atoms with E-state index < -0.39 is 0 Å². The van der Waals surface area contributed by atoms with Crippen molar-refractivity contribution in [3.63, 3.8) is 0 Å². The summed E-state index contributed by atoms with van der Waals surface area (Å²) < 4.78 is 21.6. The van der Waals surface area contributed by atoms with Crippen molar-refractivity contribution in [3.8, 4) is 34.3 Å². The summed E-state index contributed by atoms with van der Waals surface area (Å²) in [6, 6.07) is 11.1. The van der Waals surface area contributed by atoms with E-state index >= 15 is 0 Å². The Balaban J connectivity index is 1.89. The van der Waals surface area contributed by atoms with E-state index in [1.807, 2.05) is 55.9 Å². The van der Waals surface area contributed by atoms with E-state index in [1.54, 1.807) is 33.3 Å². The molecule has 0 fully saturated rings. The normalized spacial score (nSPS) is 10.8. The van der Waals surface area contributed by atoms with Gasteiger partial charge in [-0.1, -0.05) is 6.07 Å². The number of aromatic nitrogens is 1. The van der Waals surface area contributed by atoms with Crippen LogP contribution in [0, 0.1) is 0 Å². The van der Waals surface area contributed by atoms with Crippen molar-refractivity contribution in [3.05, 3.63) is 47.3 Å².